The molecule has 16 heavy (non-hydrogen) atoms. The molecule has 1 N–H and O–H groups in total. The molecule has 0 bridgehead atoms. The third-order valence-electron chi connectivity index (χ3n) is 2.46. The van der Waals surface area contributed by atoms with E-state index in [4.69, 9.17) is 9.47 Å². The normalized spacial score (nSPS) is 17.9. The first-order valence-corrected chi connectivity index (χ1v) is 4.76. The Kier molecular flexibility index (Phi) is 1.76. The number of urea groups is 1. The minimum absolute atomic E-state index is 0.0350. The van der Waals surface area contributed by atoms with Gasteiger partial charge in [-0.2, -0.15) is 0 Å². The molecule has 0 aliphatic carbocycles. The van der Waals surface area contributed by atoms with Gasteiger partial charge in [-0.15, -0.1) is 0 Å². The van der Waals surface area contributed by atoms with Crippen molar-refractivity contribution in [3.63, 3.8) is 0 Å². The van der Waals surface area contributed by atoms with Crippen LogP contribution in [0.5, 0.6) is 11.5 Å². The molecule has 2 heterocycles. The zero-order valence-corrected chi connectivity index (χ0v) is 8.23. The number of fused-ring (bicyclic) bond motifs is 1. The number of hydrogen-bond donors (Lipinski definition) is 1. The average Bonchev–Trinajstić information content (AvgIpc) is 2.85. The molecule has 1 fully saturated rings. The zero-order chi connectivity index (χ0) is 11.1. The SMILES string of the molecule is O=C1CNC(=O)N1c1ccc2c(c1)OCO2. The van der Waals surface area contributed by atoms with Crippen LogP contribution in [0.1, 0.15) is 0 Å². The van der Waals surface area contributed by atoms with Gasteiger partial charge in [0.2, 0.25) is 6.79 Å². The van der Waals surface area contributed by atoms with Crippen molar-refractivity contribution in [3.05, 3.63) is 18.2 Å². The standard InChI is InChI=1S/C10H8N2O4/c13-9-4-11-10(14)12(9)6-1-2-7-8(3-6)16-5-15-7/h1-3H,4-5H2,(H,11,14). The van der Waals surface area contributed by atoms with Crippen molar-refractivity contribution >= 4 is 17.6 Å². The molecular weight excluding hydrogens is 212 g/mol. The van der Waals surface area contributed by atoms with Crippen LogP contribution in [0, 0.1) is 0 Å². The number of rotatable bonds is 1. The molecule has 2 aliphatic rings. The molecule has 3 rings (SSSR count). The van der Waals surface area contributed by atoms with Crippen LogP contribution in [-0.4, -0.2) is 25.3 Å². The number of ether oxygens (including phenoxy) is 2. The van der Waals surface area contributed by atoms with Crippen LogP contribution in [0.2, 0.25) is 0 Å². The van der Waals surface area contributed by atoms with E-state index in [1.807, 2.05) is 0 Å². The quantitative estimate of drug-likeness (QED) is 0.698. The molecule has 3 amide bonds. The number of imide groups is 1. The second kappa shape index (κ2) is 3.13. The minimum Gasteiger partial charge on any atom is -0.454 e. The number of carbonyl (C=O) groups is 2. The van der Waals surface area contributed by atoms with E-state index in [0.29, 0.717) is 17.2 Å². The fourth-order valence-electron chi connectivity index (χ4n) is 1.71. The van der Waals surface area contributed by atoms with E-state index in [1.54, 1.807) is 18.2 Å². The number of benzene rings is 1. The lowest BCUT2D eigenvalue weighted by Gasteiger charge is -2.12. The van der Waals surface area contributed by atoms with Gasteiger partial charge < -0.3 is 14.8 Å². The van der Waals surface area contributed by atoms with Gasteiger partial charge in [-0.25, -0.2) is 9.69 Å². The van der Waals surface area contributed by atoms with Gasteiger partial charge in [0.25, 0.3) is 5.91 Å². The summed E-state index contributed by atoms with van der Waals surface area (Å²) in [6.45, 7) is 0.201. The van der Waals surface area contributed by atoms with Gasteiger partial charge in [-0.05, 0) is 12.1 Å². The number of hydrogen-bond acceptors (Lipinski definition) is 4. The van der Waals surface area contributed by atoms with E-state index < -0.39 is 6.03 Å². The summed E-state index contributed by atoms with van der Waals surface area (Å²) in [4.78, 5) is 23.9. The molecule has 6 heteroatoms. The summed E-state index contributed by atoms with van der Waals surface area (Å²) in [5.41, 5.74) is 0.490. The predicted octanol–water partition coefficient (Wildman–Crippen LogP) is 0.472. The second-order valence-electron chi connectivity index (χ2n) is 3.43. The van der Waals surface area contributed by atoms with E-state index in [1.165, 1.54) is 0 Å². The van der Waals surface area contributed by atoms with E-state index >= 15 is 0 Å². The van der Waals surface area contributed by atoms with Gasteiger partial charge in [-0.3, -0.25) is 4.79 Å². The van der Waals surface area contributed by atoms with Crippen molar-refractivity contribution in [3.8, 4) is 11.5 Å². The summed E-state index contributed by atoms with van der Waals surface area (Å²) in [6, 6.07) is 4.53. The van der Waals surface area contributed by atoms with Gasteiger partial charge in [0.15, 0.2) is 11.5 Å². The summed E-state index contributed by atoms with van der Waals surface area (Å²) in [7, 11) is 0. The Labute approximate surface area is 90.7 Å². The maximum absolute atomic E-state index is 11.5. The highest BCUT2D eigenvalue weighted by molar-refractivity contribution is 6.19. The Hall–Kier alpha value is -2.24. The highest BCUT2D eigenvalue weighted by atomic mass is 16.7. The van der Waals surface area contributed by atoms with Gasteiger partial charge in [-0.1, -0.05) is 0 Å². The smallest absolute Gasteiger partial charge is 0.329 e. The van der Waals surface area contributed by atoms with Crippen molar-refractivity contribution < 1.29 is 19.1 Å². The molecule has 0 saturated carbocycles. The van der Waals surface area contributed by atoms with Crippen LogP contribution in [0.4, 0.5) is 10.5 Å². The Morgan fingerprint density at radius 2 is 2.00 bits per heavy atom. The van der Waals surface area contributed by atoms with Gasteiger partial charge in [0.05, 0.1) is 12.2 Å². The molecule has 0 aromatic heterocycles. The number of nitrogens with one attached hydrogen (secondary N) is 1. The molecule has 0 atom stereocenters. The largest absolute Gasteiger partial charge is 0.454 e. The average molecular weight is 220 g/mol. The van der Waals surface area contributed by atoms with Crippen LogP contribution in [0.3, 0.4) is 0 Å². The summed E-state index contributed by atoms with van der Waals surface area (Å²) in [6.07, 6.45) is 0. The van der Waals surface area contributed by atoms with E-state index in [-0.39, 0.29) is 19.2 Å². The number of anilines is 1. The maximum Gasteiger partial charge on any atom is 0.329 e. The third kappa shape index (κ3) is 1.19. The Balaban J connectivity index is 2.00. The van der Waals surface area contributed by atoms with Gasteiger partial charge >= 0.3 is 6.03 Å². The van der Waals surface area contributed by atoms with Crippen LogP contribution >= 0.6 is 0 Å². The molecular formula is C10H8N2O4. The number of nitrogens with zero attached hydrogens (tertiary/aromatic N) is 1. The van der Waals surface area contributed by atoms with Crippen LogP contribution in [0.25, 0.3) is 0 Å². The predicted molar refractivity (Wildman–Crippen MR) is 53.4 cm³/mol. The number of amides is 3. The summed E-state index contributed by atoms with van der Waals surface area (Å²) in [5.74, 6) is 0.893. The number of carbonyl (C=O) groups excluding carboxylic acids is 2. The van der Waals surface area contributed by atoms with Crippen molar-refractivity contribution in [2.24, 2.45) is 0 Å². The fourth-order valence-corrected chi connectivity index (χ4v) is 1.71. The lowest BCUT2D eigenvalue weighted by molar-refractivity contribution is -0.115. The van der Waals surface area contributed by atoms with Crippen molar-refractivity contribution in [1.29, 1.82) is 0 Å². The molecule has 1 saturated heterocycles. The summed E-state index contributed by atoms with van der Waals surface area (Å²) in [5, 5.41) is 2.45. The summed E-state index contributed by atoms with van der Waals surface area (Å²) < 4.78 is 10.3. The minimum atomic E-state index is -0.413. The molecule has 0 unspecified atom stereocenters. The topological polar surface area (TPSA) is 67.9 Å². The highest BCUT2D eigenvalue weighted by Crippen LogP contribution is 2.35. The van der Waals surface area contributed by atoms with Crippen molar-refractivity contribution in [2.45, 2.75) is 0 Å². The molecule has 1 aromatic carbocycles. The van der Waals surface area contributed by atoms with Crippen molar-refractivity contribution in [1.82, 2.24) is 5.32 Å². The van der Waals surface area contributed by atoms with Gasteiger partial charge in [0, 0.05) is 6.07 Å². The Bertz CT molecular complexity index is 470. The van der Waals surface area contributed by atoms with Crippen molar-refractivity contribution in [2.75, 3.05) is 18.2 Å². The zero-order valence-electron chi connectivity index (χ0n) is 8.23. The molecule has 2 aliphatic heterocycles. The van der Waals surface area contributed by atoms with E-state index in [0.717, 1.165) is 4.90 Å². The van der Waals surface area contributed by atoms with E-state index in [9.17, 15) is 9.59 Å². The Morgan fingerprint density at radius 1 is 1.19 bits per heavy atom. The molecule has 0 spiro atoms. The summed E-state index contributed by atoms with van der Waals surface area (Å²) >= 11 is 0. The lowest BCUT2D eigenvalue weighted by atomic mass is 10.2. The molecule has 0 radical (unpaired) electrons. The van der Waals surface area contributed by atoms with Crippen LogP contribution < -0.4 is 19.7 Å². The van der Waals surface area contributed by atoms with E-state index in [2.05, 4.69) is 5.32 Å². The molecule has 1 aromatic rings. The van der Waals surface area contributed by atoms with Gasteiger partial charge in [0.1, 0.15) is 0 Å². The Morgan fingerprint density at radius 3 is 2.75 bits per heavy atom. The second-order valence-corrected chi connectivity index (χ2v) is 3.43. The third-order valence-corrected chi connectivity index (χ3v) is 2.46. The van der Waals surface area contributed by atoms with Crippen LogP contribution in [0.15, 0.2) is 18.2 Å². The fraction of sp³-hybridized carbons (Fsp3) is 0.200. The lowest BCUT2D eigenvalue weighted by Crippen LogP contribution is -2.30. The first kappa shape index (κ1) is 9.02. The molecule has 82 valence electrons. The first-order chi connectivity index (χ1) is 7.75. The van der Waals surface area contributed by atoms with Crippen LogP contribution in [-0.2, 0) is 4.79 Å². The monoisotopic (exact) mass is 220 g/mol. The first-order valence-electron chi connectivity index (χ1n) is 4.76. The highest BCUT2D eigenvalue weighted by Gasteiger charge is 2.31. The maximum atomic E-state index is 11.5. The molecule has 6 nitrogen and oxygen atoms in total.